The molecular weight excluding hydrogens is 366 g/mol. The van der Waals surface area contributed by atoms with Crippen LogP contribution in [0.25, 0.3) is 39.0 Å². The van der Waals surface area contributed by atoms with Crippen molar-refractivity contribution in [2.45, 2.75) is 6.92 Å². The van der Waals surface area contributed by atoms with Gasteiger partial charge in [-0.05, 0) is 37.3 Å². The van der Waals surface area contributed by atoms with E-state index < -0.39 is 0 Å². The number of rotatable bonds is 3. The molecule has 0 unspecified atom stereocenters. The minimum atomic E-state index is -0.265. The van der Waals surface area contributed by atoms with Crippen molar-refractivity contribution in [1.29, 1.82) is 0 Å². The average Bonchev–Trinajstić information content (AvgIpc) is 3.18. The molecule has 5 rings (SSSR count). The van der Waals surface area contributed by atoms with Crippen LogP contribution < -0.4 is 10.3 Å². The third kappa shape index (κ3) is 2.84. The molecule has 0 aliphatic heterocycles. The standard InChI is InChI=1S/C22H17N5O2/c1-13-8-9-18-14(10-13)11-16(22(24-18)29-2)19-25-20-17(21(28)26-19)12-23-27(20)15-6-4-3-5-7-15/h3-12H,1-2H3,(H,25,26,28). The zero-order valence-electron chi connectivity index (χ0n) is 15.9. The minimum Gasteiger partial charge on any atom is -0.480 e. The lowest BCUT2D eigenvalue weighted by atomic mass is 10.1. The molecular formula is C22H17N5O2. The smallest absolute Gasteiger partial charge is 0.262 e. The van der Waals surface area contributed by atoms with Gasteiger partial charge in [0, 0.05) is 5.39 Å². The number of aromatic amines is 1. The highest BCUT2D eigenvalue weighted by Crippen LogP contribution is 2.30. The van der Waals surface area contributed by atoms with Crippen LogP contribution in [0.4, 0.5) is 0 Å². The van der Waals surface area contributed by atoms with Gasteiger partial charge in [0.05, 0.1) is 30.1 Å². The Bertz CT molecular complexity index is 1420. The summed E-state index contributed by atoms with van der Waals surface area (Å²) in [5.41, 5.74) is 3.58. The van der Waals surface area contributed by atoms with E-state index in [1.165, 1.54) is 6.20 Å². The second-order valence-corrected chi connectivity index (χ2v) is 6.79. The summed E-state index contributed by atoms with van der Waals surface area (Å²) in [5.74, 6) is 0.780. The minimum absolute atomic E-state index is 0.265. The summed E-state index contributed by atoms with van der Waals surface area (Å²) < 4.78 is 7.14. The Morgan fingerprint density at radius 3 is 2.66 bits per heavy atom. The first-order valence-electron chi connectivity index (χ1n) is 9.13. The number of pyridine rings is 1. The maximum atomic E-state index is 12.7. The summed E-state index contributed by atoms with van der Waals surface area (Å²) in [4.78, 5) is 24.9. The lowest BCUT2D eigenvalue weighted by molar-refractivity contribution is 0.401. The molecule has 7 nitrogen and oxygen atoms in total. The van der Waals surface area contributed by atoms with Crippen molar-refractivity contribution < 1.29 is 4.74 Å². The van der Waals surface area contributed by atoms with Crippen LogP contribution in [0.2, 0.25) is 0 Å². The first-order chi connectivity index (χ1) is 14.1. The monoisotopic (exact) mass is 383 g/mol. The van der Waals surface area contributed by atoms with Crippen LogP contribution >= 0.6 is 0 Å². The van der Waals surface area contributed by atoms with E-state index in [-0.39, 0.29) is 5.56 Å². The fourth-order valence-electron chi connectivity index (χ4n) is 3.41. The molecule has 0 amide bonds. The van der Waals surface area contributed by atoms with Crippen LogP contribution in [0.15, 0.2) is 65.6 Å². The molecule has 0 atom stereocenters. The van der Waals surface area contributed by atoms with E-state index in [4.69, 9.17) is 9.72 Å². The van der Waals surface area contributed by atoms with E-state index in [0.29, 0.717) is 28.3 Å². The predicted octanol–water partition coefficient (Wildman–Crippen LogP) is 3.64. The highest BCUT2D eigenvalue weighted by molar-refractivity contribution is 5.86. The number of nitrogens with zero attached hydrogens (tertiary/aromatic N) is 4. The fourth-order valence-corrected chi connectivity index (χ4v) is 3.41. The number of methoxy groups -OCH3 is 1. The summed E-state index contributed by atoms with van der Waals surface area (Å²) in [5, 5.41) is 5.71. The Morgan fingerprint density at radius 2 is 1.86 bits per heavy atom. The SMILES string of the molecule is COc1nc2ccc(C)cc2cc1-c1nc2c(cnn2-c2ccccc2)c(=O)[nH]1. The first-order valence-corrected chi connectivity index (χ1v) is 9.13. The van der Waals surface area contributed by atoms with Crippen molar-refractivity contribution in [2.75, 3.05) is 7.11 Å². The summed E-state index contributed by atoms with van der Waals surface area (Å²) in [6.45, 7) is 2.02. The zero-order chi connectivity index (χ0) is 20.0. The molecule has 0 aliphatic rings. The topological polar surface area (TPSA) is 85.7 Å². The van der Waals surface area contributed by atoms with Gasteiger partial charge in [-0.15, -0.1) is 0 Å². The number of nitrogens with one attached hydrogen (secondary N) is 1. The molecule has 2 aromatic carbocycles. The summed E-state index contributed by atoms with van der Waals surface area (Å²) in [6.07, 6.45) is 1.52. The molecule has 3 heterocycles. The second-order valence-electron chi connectivity index (χ2n) is 6.79. The number of para-hydroxylation sites is 1. The van der Waals surface area contributed by atoms with Gasteiger partial charge in [-0.2, -0.15) is 5.10 Å². The van der Waals surface area contributed by atoms with E-state index in [9.17, 15) is 4.79 Å². The Balaban J connectivity index is 1.78. The van der Waals surface area contributed by atoms with Crippen molar-refractivity contribution in [3.05, 3.63) is 76.7 Å². The third-order valence-electron chi connectivity index (χ3n) is 4.82. The van der Waals surface area contributed by atoms with Gasteiger partial charge in [-0.25, -0.2) is 14.6 Å². The number of ether oxygens (including phenoxy) is 1. The van der Waals surface area contributed by atoms with Gasteiger partial charge >= 0.3 is 0 Å². The quantitative estimate of drug-likeness (QED) is 0.514. The first kappa shape index (κ1) is 17.1. The Morgan fingerprint density at radius 1 is 1.03 bits per heavy atom. The van der Waals surface area contributed by atoms with Crippen LogP contribution in [0.3, 0.4) is 0 Å². The van der Waals surface area contributed by atoms with E-state index in [1.807, 2.05) is 61.5 Å². The van der Waals surface area contributed by atoms with Crippen molar-refractivity contribution >= 4 is 21.9 Å². The Kier molecular flexibility index (Phi) is 3.87. The largest absolute Gasteiger partial charge is 0.480 e. The third-order valence-corrected chi connectivity index (χ3v) is 4.82. The van der Waals surface area contributed by atoms with Gasteiger partial charge in [-0.1, -0.05) is 29.8 Å². The summed E-state index contributed by atoms with van der Waals surface area (Å²) >= 11 is 0. The van der Waals surface area contributed by atoms with Crippen LogP contribution in [0.5, 0.6) is 5.88 Å². The number of benzene rings is 2. The predicted molar refractivity (Wildman–Crippen MR) is 112 cm³/mol. The molecule has 0 radical (unpaired) electrons. The zero-order valence-corrected chi connectivity index (χ0v) is 15.9. The van der Waals surface area contributed by atoms with E-state index in [0.717, 1.165) is 22.2 Å². The van der Waals surface area contributed by atoms with Crippen LogP contribution in [-0.2, 0) is 0 Å². The number of hydrogen-bond donors (Lipinski definition) is 1. The van der Waals surface area contributed by atoms with E-state index in [2.05, 4.69) is 15.1 Å². The average molecular weight is 383 g/mol. The Hall–Kier alpha value is -4.00. The summed E-state index contributed by atoms with van der Waals surface area (Å²) in [6, 6.07) is 17.5. The molecule has 0 bridgehead atoms. The lowest BCUT2D eigenvalue weighted by Gasteiger charge is -2.10. The van der Waals surface area contributed by atoms with Gasteiger partial charge < -0.3 is 9.72 Å². The van der Waals surface area contributed by atoms with Crippen molar-refractivity contribution in [2.24, 2.45) is 0 Å². The maximum absolute atomic E-state index is 12.7. The molecule has 142 valence electrons. The Labute approximate surface area is 165 Å². The number of fused-ring (bicyclic) bond motifs is 2. The lowest BCUT2D eigenvalue weighted by Crippen LogP contribution is -2.11. The highest BCUT2D eigenvalue weighted by atomic mass is 16.5. The molecule has 1 N–H and O–H groups in total. The highest BCUT2D eigenvalue weighted by Gasteiger charge is 2.16. The number of aromatic nitrogens is 5. The second kappa shape index (κ2) is 6.56. The summed E-state index contributed by atoms with van der Waals surface area (Å²) in [7, 11) is 1.55. The van der Waals surface area contributed by atoms with Gasteiger partial charge in [0.1, 0.15) is 11.2 Å². The molecule has 0 fully saturated rings. The van der Waals surface area contributed by atoms with Gasteiger partial charge in [0.2, 0.25) is 5.88 Å². The maximum Gasteiger partial charge on any atom is 0.262 e. The van der Waals surface area contributed by atoms with Crippen molar-refractivity contribution in [3.8, 4) is 23.0 Å². The molecule has 0 aliphatic carbocycles. The van der Waals surface area contributed by atoms with Crippen LogP contribution in [0.1, 0.15) is 5.56 Å². The van der Waals surface area contributed by atoms with Crippen LogP contribution in [0, 0.1) is 6.92 Å². The number of hydrogen-bond acceptors (Lipinski definition) is 5. The molecule has 29 heavy (non-hydrogen) atoms. The number of H-pyrrole nitrogens is 1. The normalized spacial score (nSPS) is 11.2. The van der Waals surface area contributed by atoms with Gasteiger partial charge in [0.15, 0.2) is 5.65 Å². The molecule has 7 heteroatoms. The number of aryl methyl sites for hydroxylation is 1. The van der Waals surface area contributed by atoms with Crippen molar-refractivity contribution in [1.82, 2.24) is 24.7 Å². The van der Waals surface area contributed by atoms with E-state index >= 15 is 0 Å². The van der Waals surface area contributed by atoms with E-state index in [1.54, 1.807) is 11.8 Å². The molecule has 3 aromatic heterocycles. The molecule has 5 aromatic rings. The molecule has 0 saturated carbocycles. The molecule has 0 saturated heterocycles. The fraction of sp³-hybridized carbons (Fsp3) is 0.0909. The molecule has 0 spiro atoms. The van der Waals surface area contributed by atoms with Gasteiger partial charge in [-0.3, -0.25) is 4.79 Å². The van der Waals surface area contributed by atoms with Crippen molar-refractivity contribution in [3.63, 3.8) is 0 Å². The van der Waals surface area contributed by atoms with Crippen LogP contribution in [-0.4, -0.2) is 31.8 Å². The van der Waals surface area contributed by atoms with Gasteiger partial charge in [0.25, 0.3) is 5.56 Å².